The molecule has 1 atom stereocenters. The van der Waals surface area contributed by atoms with Gasteiger partial charge < -0.3 is 24.2 Å². The lowest BCUT2D eigenvalue weighted by atomic mass is 9.97. The Bertz CT molecular complexity index is 929. The van der Waals surface area contributed by atoms with Crippen LogP contribution in [0.1, 0.15) is 38.3 Å². The van der Waals surface area contributed by atoms with Gasteiger partial charge in [-0.1, -0.05) is 0 Å². The van der Waals surface area contributed by atoms with Crippen molar-refractivity contribution in [3.63, 3.8) is 0 Å². The van der Waals surface area contributed by atoms with Crippen LogP contribution in [0.15, 0.2) is 4.90 Å². The van der Waals surface area contributed by atoms with Gasteiger partial charge >= 0.3 is 5.97 Å². The number of esters is 1. The van der Waals surface area contributed by atoms with Gasteiger partial charge in [-0.3, -0.25) is 9.59 Å². The zero-order valence-corrected chi connectivity index (χ0v) is 20.8. The molecule has 4 aliphatic heterocycles. The van der Waals surface area contributed by atoms with Gasteiger partial charge in [0.15, 0.2) is 22.7 Å². The zero-order chi connectivity index (χ0) is 23.8. The Morgan fingerprint density at radius 3 is 2.53 bits per heavy atom. The monoisotopic (exact) mass is 492 g/mol. The number of amides is 1. The second kappa shape index (κ2) is 9.87. The van der Waals surface area contributed by atoms with E-state index in [0.29, 0.717) is 56.8 Å². The van der Waals surface area contributed by atoms with E-state index in [1.807, 2.05) is 4.90 Å². The number of hydrogen-bond acceptors (Lipinski definition) is 9. The summed E-state index contributed by atoms with van der Waals surface area (Å²) in [6, 6.07) is 0.331. The fraction of sp³-hybridized carbons (Fsp3) is 0.739. The third-order valence-electron chi connectivity index (χ3n) is 7.43. The molecule has 1 aromatic heterocycles. The largest absolute Gasteiger partial charge is 0.458 e. The number of likely N-dealkylation sites (tertiary alicyclic amines) is 1. The Labute approximate surface area is 203 Å². The van der Waals surface area contributed by atoms with Crippen molar-refractivity contribution in [2.24, 2.45) is 5.92 Å². The maximum Gasteiger partial charge on any atom is 0.309 e. The van der Waals surface area contributed by atoms with Crippen LogP contribution in [-0.4, -0.2) is 95.6 Å². The molecule has 1 aromatic rings. The first-order chi connectivity index (χ1) is 16.4. The number of nitrogens with zero attached hydrogens (tertiary/aromatic N) is 5. The van der Waals surface area contributed by atoms with Crippen molar-refractivity contribution in [3.8, 4) is 0 Å². The first kappa shape index (κ1) is 23.6. The van der Waals surface area contributed by atoms with Crippen LogP contribution in [0.25, 0.3) is 0 Å². The van der Waals surface area contributed by atoms with Gasteiger partial charge in [0.25, 0.3) is 4.90 Å². The summed E-state index contributed by atoms with van der Waals surface area (Å²) in [5.74, 6) is 1.94. The molecule has 4 aliphatic rings. The number of carbonyl (C=O) groups is 2. The van der Waals surface area contributed by atoms with Crippen molar-refractivity contribution in [1.82, 2.24) is 14.9 Å². The first-order valence-corrected chi connectivity index (χ1v) is 13.6. The van der Waals surface area contributed by atoms with Crippen LogP contribution in [-0.2, 0) is 36.7 Å². The molecule has 10 nitrogen and oxygen atoms in total. The van der Waals surface area contributed by atoms with Crippen LogP contribution < -0.4 is 9.80 Å². The van der Waals surface area contributed by atoms with E-state index < -0.39 is 11.2 Å². The summed E-state index contributed by atoms with van der Waals surface area (Å²) in [7, 11) is 2.05. The number of fused-ring (bicyclic) bond motifs is 1. The van der Waals surface area contributed by atoms with E-state index >= 15 is 0 Å². The second-order valence-corrected chi connectivity index (χ2v) is 11.2. The number of aryl methyl sites for hydroxylation is 1. The molecule has 186 valence electrons. The third kappa shape index (κ3) is 4.70. The quantitative estimate of drug-likeness (QED) is 0.477. The predicted octanol–water partition coefficient (Wildman–Crippen LogP) is 1.09. The molecule has 0 aromatic carbocycles. The van der Waals surface area contributed by atoms with Crippen LogP contribution in [0.5, 0.6) is 0 Å². The minimum Gasteiger partial charge on any atom is -0.458 e. The average Bonchev–Trinajstić information content (AvgIpc) is 3.21. The van der Waals surface area contributed by atoms with E-state index in [9.17, 15) is 14.1 Å². The Hall–Kier alpha value is -2.11. The normalized spacial score (nSPS) is 24.0. The van der Waals surface area contributed by atoms with Gasteiger partial charge in [-0.25, -0.2) is 4.98 Å². The fourth-order valence-electron chi connectivity index (χ4n) is 5.17. The molecule has 1 unspecified atom stereocenters. The molecule has 3 saturated heterocycles. The average molecular weight is 493 g/mol. The summed E-state index contributed by atoms with van der Waals surface area (Å²) < 4.78 is 21.9. The molecule has 1 N–H and O–H groups in total. The van der Waals surface area contributed by atoms with Gasteiger partial charge in [-0.2, -0.15) is 9.54 Å². The van der Waals surface area contributed by atoms with Gasteiger partial charge in [0.05, 0.1) is 19.0 Å². The Kier molecular flexibility index (Phi) is 6.85. The third-order valence-corrected chi connectivity index (χ3v) is 8.91. The maximum absolute atomic E-state index is 12.6. The molecule has 11 heteroatoms. The molecule has 0 aliphatic carbocycles. The standard InChI is InChI=1S/C23H34N5O5S/c1-15(29)27-8-3-16(4-9-27)22(30)33-18-13-28(14-18)23-24-19-7-12-34(31)20(19)21(25-23)26(2)17-5-10-32-11-6-17/h16-18,31H,3-14H2,1-2H3/q+1. The molecule has 0 saturated carbocycles. The van der Waals surface area contributed by atoms with E-state index in [0.717, 1.165) is 48.9 Å². The topological polar surface area (TPSA) is 108 Å². The van der Waals surface area contributed by atoms with Crippen LogP contribution >= 0.6 is 0 Å². The van der Waals surface area contributed by atoms with Gasteiger partial charge in [0.1, 0.15) is 11.8 Å². The van der Waals surface area contributed by atoms with Gasteiger partial charge in [-0.05, 0) is 25.7 Å². The summed E-state index contributed by atoms with van der Waals surface area (Å²) in [4.78, 5) is 40.7. The van der Waals surface area contributed by atoms with Crippen molar-refractivity contribution in [1.29, 1.82) is 0 Å². The number of piperidine rings is 1. The zero-order valence-electron chi connectivity index (χ0n) is 19.9. The van der Waals surface area contributed by atoms with Crippen molar-refractivity contribution >= 4 is 34.8 Å². The van der Waals surface area contributed by atoms with E-state index in [2.05, 4.69) is 11.9 Å². The van der Waals surface area contributed by atoms with E-state index in [-0.39, 0.29) is 23.9 Å². The smallest absolute Gasteiger partial charge is 0.309 e. The first-order valence-electron chi connectivity index (χ1n) is 12.2. The van der Waals surface area contributed by atoms with Crippen LogP contribution in [0, 0.1) is 5.92 Å². The molecule has 34 heavy (non-hydrogen) atoms. The summed E-state index contributed by atoms with van der Waals surface area (Å²) in [5.41, 5.74) is 0.933. The molecule has 5 heterocycles. The van der Waals surface area contributed by atoms with Crippen LogP contribution in [0.2, 0.25) is 0 Å². The molecule has 0 spiro atoms. The highest BCUT2D eigenvalue weighted by Crippen LogP contribution is 2.36. The lowest BCUT2D eigenvalue weighted by molar-refractivity contribution is -0.157. The fourth-order valence-corrected chi connectivity index (χ4v) is 6.58. The minimum atomic E-state index is -0.824. The Balaban J connectivity index is 1.22. The summed E-state index contributed by atoms with van der Waals surface area (Å²) in [5, 5.41) is 0. The van der Waals surface area contributed by atoms with Crippen molar-refractivity contribution in [3.05, 3.63) is 5.69 Å². The summed E-state index contributed by atoms with van der Waals surface area (Å²) in [6.45, 7) is 5.43. The Morgan fingerprint density at radius 2 is 1.85 bits per heavy atom. The number of anilines is 2. The second-order valence-electron chi connectivity index (χ2n) is 9.64. The lowest BCUT2D eigenvalue weighted by Crippen LogP contribution is -2.54. The minimum absolute atomic E-state index is 0.0608. The van der Waals surface area contributed by atoms with E-state index in [1.165, 1.54) is 0 Å². The molecule has 0 radical (unpaired) electrons. The van der Waals surface area contributed by atoms with Gasteiger partial charge in [0.2, 0.25) is 11.9 Å². The van der Waals surface area contributed by atoms with Crippen LogP contribution in [0.3, 0.4) is 0 Å². The molecule has 5 rings (SSSR count). The van der Waals surface area contributed by atoms with Crippen molar-refractivity contribution < 1.29 is 23.6 Å². The van der Waals surface area contributed by atoms with Gasteiger partial charge in [0, 0.05) is 52.7 Å². The SMILES string of the molecule is CC(=O)N1CCC(C(=O)OC2CN(c3nc4c(c(N(C)C5CCOCC5)n3)[S+](O)CC4)C2)CC1. The highest BCUT2D eigenvalue weighted by molar-refractivity contribution is 7.92. The van der Waals surface area contributed by atoms with E-state index in [4.69, 9.17) is 19.4 Å². The maximum atomic E-state index is 12.6. The lowest BCUT2D eigenvalue weighted by Gasteiger charge is -2.40. The number of carbonyl (C=O) groups excluding carboxylic acids is 2. The number of hydrogen-bond donors (Lipinski definition) is 1. The van der Waals surface area contributed by atoms with Crippen molar-refractivity contribution in [2.75, 3.05) is 62.0 Å². The predicted molar refractivity (Wildman–Crippen MR) is 128 cm³/mol. The van der Waals surface area contributed by atoms with Crippen LogP contribution in [0.4, 0.5) is 11.8 Å². The molecule has 3 fully saturated rings. The Morgan fingerprint density at radius 1 is 1.15 bits per heavy atom. The van der Waals surface area contributed by atoms with E-state index in [1.54, 1.807) is 11.8 Å². The highest BCUT2D eigenvalue weighted by Gasteiger charge is 2.42. The van der Waals surface area contributed by atoms with Crippen molar-refractivity contribution in [2.45, 2.75) is 56.1 Å². The number of aromatic nitrogens is 2. The molecular weight excluding hydrogens is 458 g/mol. The summed E-state index contributed by atoms with van der Waals surface area (Å²) >= 11 is -0.824. The summed E-state index contributed by atoms with van der Waals surface area (Å²) in [6.07, 6.45) is 3.79. The number of rotatable bonds is 5. The number of ether oxygens (including phenoxy) is 2. The highest BCUT2D eigenvalue weighted by atomic mass is 32.2. The van der Waals surface area contributed by atoms with Gasteiger partial charge in [-0.15, -0.1) is 0 Å². The molecule has 0 bridgehead atoms. The molecular formula is C23H34N5O5S+. The molecule has 1 amide bonds.